The largest absolute Gasteiger partial charge is 0.338 e. The second-order valence-electron chi connectivity index (χ2n) is 4.05. The molecular formula is C11H21N3OS. The van der Waals surface area contributed by atoms with E-state index < -0.39 is 10.8 Å². The third-order valence-corrected chi connectivity index (χ3v) is 4.11. The number of rotatable bonds is 7. The van der Waals surface area contributed by atoms with E-state index in [9.17, 15) is 4.21 Å². The highest BCUT2D eigenvalue weighted by Crippen LogP contribution is 1.98. The number of hydrogen-bond acceptors (Lipinski definition) is 3. The maximum Gasteiger partial charge on any atom is 0.109 e. The number of imidazole rings is 1. The lowest BCUT2D eigenvalue weighted by atomic mass is 10.3. The van der Waals surface area contributed by atoms with Crippen molar-refractivity contribution in [2.75, 3.05) is 19.3 Å². The number of nitrogens with zero attached hydrogens (tertiary/aromatic N) is 2. The van der Waals surface area contributed by atoms with Crippen molar-refractivity contribution in [1.82, 2.24) is 14.9 Å². The van der Waals surface area contributed by atoms with Crippen LogP contribution in [0, 0.1) is 0 Å². The molecule has 0 radical (unpaired) electrons. The van der Waals surface area contributed by atoms with Gasteiger partial charge in [0.25, 0.3) is 0 Å². The van der Waals surface area contributed by atoms with Crippen molar-refractivity contribution in [3.05, 3.63) is 18.2 Å². The van der Waals surface area contributed by atoms with Gasteiger partial charge in [-0.15, -0.1) is 0 Å². The molecule has 0 saturated carbocycles. The van der Waals surface area contributed by atoms with Crippen LogP contribution in [-0.2, 0) is 24.3 Å². The Labute approximate surface area is 99.9 Å². The standard InChI is InChI=1S/C11H21N3OS/c1-10(16(3)15)4-6-12-7-5-11-13-8-9-14(11)2/h8-10,12H,4-7H2,1-3H3. The fourth-order valence-corrected chi connectivity index (χ4v) is 1.88. The zero-order chi connectivity index (χ0) is 12.0. The third kappa shape index (κ3) is 4.45. The summed E-state index contributed by atoms with van der Waals surface area (Å²) in [5, 5.41) is 3.63. The molecule has 0 aromatic carbocycles. The Kier molecular flexibility index (Phi) is 5.69. The number of hydrogen-bond donors (Lipinski definition) is 1. The average molecular weight is 243 g/mol. The maximum absolute atomic E-state index is 11.1. The molecule has 92 valence electrons. The van der Waals surface area contributed by atoms with E-state index in [1.54, 1.807) is 6.26 Å². The molecule has 0 amide bonds. The van der Waals surface area contributed by atoms with Crippen LogP contribution in [0.5, 0.6) is 0 Å². The summed E-state index contributed by atoms with van der Waals surface area (Å²) in [6.45, 7) is 3.87. The summed E-state index contributed by atoms with van der Waals surface area (Å²) in [6.07, 6.45) is 7.44. The van der Waals surface area contributed by atoms with Gasteiger partial charge in [-0.1, -0.05) is 6.92 Å². The first-order valence-electron chi connectivity index (χ1n) is 5.60. The van der Waals surface area contributed by atoms with Crippen molar-refractivity contribution in [1.29, 1.82) is 0 Å². The predicted molar refractivity (Wildman–Crippen MR) is 67.9 cm³/mol. The molecule has 1 rings (SSSR count). The molecule has 16 heavy (non-hydrogen) atoms. The van der Waals surface area contributed by atoms with E-state index in [-0.39, 0.29) is 5.25 Å². The minimum Gasteiger partial charge on any atom is -0.338 e. The SMILES string of the molecule is CC(CCNCCc1nccn1C)S(C)=O. The van der Waals surface area contributed by atoms with Gasteiger partial charge in [-0.05, 0) is 13.0 Å². The zero-order valence-electron chi connectivity index (χ0n) is 10.3. The summed E-state index contributed by atoms with van der Waals surface area (Å²) in [7, 11) is 1.30. The first-order valence-corrected chi connectivity index (χ1v) is 7.22. The van der Waals surface area contributed by atoms with Gasteiger partial charge in [-0.25, -0.2) is 4.98 Å². The number of nitrogens with one attached hydrogen (secondary N) is 1. The smallest absolute Gasteiger partial charge is 0.109 e. The maximum atomic E-state index is 11.1. The second-order valence-corrected chi connectivity index (χ2v) is 5.85. The normalized spacial score (nSPS) is 14.9. The lowest BCUT2D eigenvalue weighted by Gasteiger charge is -2.09. The van der Waals surface area contributed by atoms with E-state index in [4.69, 9.17) is 0 Å². The van der Waals surface area contributed by atoms with Crippen LogP contribution < -0.4 is 5.32 Å². The van der Waals surface area contributed by atoms with Gasteiger partial charge in [0.15, 0.2) is 0 Å². The Morgan fingerprint density at radius 1 is 1.56 bits per heavy atom. The van der Waals surface area contributed by atoms with Crippen LogP contribution in [0.3, 0.4) is 0 Å². The molecule has 0 aliphatic carbocycles. The first-order chi connectivity index (χ1) is 7.61. The molecule has 1 N–H and O–H groups in total. The Morgan fingerprint density at radius 2 is 2.31 bits per heavy atom. The van der Waals surface area contributed by atoms with E-state index in [0.717, 1.165) is 31.8 Å². The van der Waals surface area contributed by atoms with Crippen LogP contribution >= 0.6 is 0 Å². The monoisotopic (exact) mass is 243 g/mol. The Morgan fingerprint density at radius 3 is 2.88 bits per heavy atom. The van der Waals surface area contributed by atoms with Gasteiger partial charge in [-0.2, -0.15) is 0 Å². The summed E-state index contributed by atoms with van der Waals surface area (Å²) in [5.74, 6) is 1.10. The average Bonchev–Trinajstić information content (AvgIpc) is 2.63. The van der Waals surface area contributed by atoms with Crippen molar-refractivity contribution in [2.45, 2.75) is 25.0 Å². The molecule has 0 aliphatic rings. The zero-order valence-corrected chi connectivity index (χ0v) is 11.1. The van der Waals surface area contributed by atoms with E-state index in [0.29, 0.717) is 0 Å². The van der Waals surface area contributed by atoms with Crippen LogP contribution in [-0.4, -0.2) is 38.4 Å². The van der Waals surface area contributed by atoms with E-state index in [2.05, 4.69) is 10.3 Å². The quantitative estimate of drug-likeness (QED) is 0.718. The molecule has 0 saturated heterocycles. The summed E-state index contributed by atoms with van der Waals surface area (Å²) >= 11 is 0. The number of aryl methyl sites for hydroxylation is 1. The molecule has 2 atom stereocenters. The highest BCUT2D eigenvalue weighted by Gasteiger charge is 2.05. The van der Waals surface area contributed by atoms with Gasteiger partial charge < -0.3 is 9.88 Å². The molecule has 4 nitrogen and oxygen atoms in total. The van der Waals surface area contributed by atoms with Gasteiger partial charge in [0, 0.05) is 54.7 Å². The molecule has 1 heterocycles. The van der Waals surface area contributed by atoms with Crippen molar-refractivity contribution in [2.24, 2.45) is 7.05 Å². The predicted octanol–water partition coefficient (Wildman–Crippen LogP) is 0.709. The fourth-order valence-electron chi connectivity index (χ4n) is 1.43. The van der Waals surface area contributed by atoms with Gasteiger partial charge in [0.2, 0.25) is 0 Å². The minimum atomic E-state index is -0.705. The molecule has 1 aromatic heterocycles. The summed E-state index contributed by atoms with van der Waals surface area (Å²) < 4.78 is 13.1. The second kappa shape index (κ2) is 6.81. The molecule has 5 heteroatoms. The van der Waals surface area contributed by atoms with Crippen molar-refractivity contribution >= 4 is 10.8 Å². The van der Waals surface area contributed by atoms with Gasteiger partial charge >= 0.3 is 0 Å². The topological polar surface area (TPSA) is 46.9 Å². The van der Waals surface area contributed by atoms with Gasteiger partial charge in [0.1, 0.15) is 5.82 Å². The highest BCUT2D eigenvalue weighted by molar-refractivity contribution is 7.84. The van der Waals surface area contributed by atoms with Crippen molar-refractivity contribution < 1.29 is 4.21 Å². The van der Waals surface area contributed by atoms with E-state index >= 15 is 0 Å². The first kappa shape index (κ1) is 13.4. The van der Waals surface area contributed by atoms with Gasteiger partial charge in [0.05, 0.1) is 0 Å². The lowest BCUT2D eigenvalue weighted by Crippen LogP contribution is -2.23. The summed E-state index contributed by atoms with van der Waals surface area (Å²) in [5.41, 5.74) is 0. The molecule has 0 aliphatic heterocycles. The van der Waals surface area contributed by atoms with E-state index in [1.807, 2.05) is 30.9 Å². The van der Waals surface area contributed by atoms with Gasteiger partial charge in [-0.3, -0.25) is 4.21 Å². The van der Waals surface area contributed by atoms with Crippen LogP contribution in [0.25, 0.3) is 0 Å². The third-order valence-electron chi connectivity index (χ3n) is 2.74. The molecule has 0 bridgehead atoms. The van der Waals surface area contributed by atoms with Crippen LogP contribution in [0.4, 0.5) is 0 Å². The van der Waals surface area contributed by atoms with Crippen LogP contribution in [0.15, 0.2) is 12.4 Å². The number of aromatic nitrogens is 2. The minimum absolute atomic E-state index is 0.278. The molecular weight excluding hydrogens is 222 g/mol. The Hall–Kier alpha value is -0.680. The Bertz CT molecular complexity index is 338. The Balaban J connectivity index is 2.09. The highest BCUT2D eigenvalue weighted by atomic mass is 32.2. The fraction of sp³-hybridized carbons (Fsp3) is 0.727. The van der Waals surface area contributed by atoms with E-state index in [1.165, 1.54) is 0 Å². The summed E-state index contributed by atoms with van der Waals surface area (Å²) in [6, 6.07) is 0. The van der Waals surface area contributed by atoms with Crippen LogP contribution in [0.1, 0.15) is 19.2 Å². The molecule has 1 aromatic rings. The summed E-state index contributed by atoms with van der Waals surface area (Å²) in [4.78, 5) is 4.25. The molecule has 2 unspecified atom stereocenters. The van der Waals surface area contributed by atoms with Crippen molar-refractivity contribution in [3.63, 3.8) is 0 Å². The molecule has 0 spiro atoms. The molecule has 0 fully saturated rings. The lowest BCUT2D eigenvalue weighted by molar-refractivity contribution is 0.616. The van der Waals surface area contributed by atoms with Crippen molar-refractivity contribution in [3.8, 4) is 0 Å². The van der Waals surface area contributed by atoms with Crippen LogP contribution in [0.2, 0.25) is 0 Å².